The lowest BCUT2D eigenvalue weighted by Gasteiger charge is -2.35. The van der Waals surface area contributed by atoms with Gasteiger partial charge in [0.2, 0.25) is 5.91 Å². The van der Waals surface area contributed by atoms with Crippen LogP contribution in [-0.2, 0) is 14.6 Å². The van der Waals surface area contributed by atoms with Gasteiger partial charge in [-0.3, -0.25) is 4.79 Å². The fourth-order valence-corrected chi connectivity index (χ4v) is 5.00. The van der Waals surface area contributed by atoms with Crippen molar-refractivity contribution in [1.29, 1.82) is 0 Å². The number of nitrogens with one attached hydrogen (secondary N) is 1. The summed E-state index contributed by atoms with van der Waals surface area (Å²) in [6, 6.07) is 5.19. The molecule has 0 radical (unpaired) electrons. The van der Waals surface area contributed by atoms with Gasteiger partial charge in [0.15, 0.2) is 0 Å². The van der Waals surface area contributed by atoms with Crippen molar-refractivity contribution in [2.45, 2.75) is 61.4 Å². The zero-order valence-corrected chi connectivity index (χ0v) is 16.4. The molecule has 0 atom stereocenters. The minimum Gasteiger partial charge on any atom is -0.370 e. The standard InChI is InChI=1S/C19H25F3N2O3S/c20-19(21,22)28(26,27)17-9-5-4-8-16(17)24-12-10-15(11-13-24)23-18(25)14-6-2-1-3-7-14/h4-5,8-9,14-15H,1-3,6-7,10-13H2,(H,23,25). The van der Waals surface area contributed by atoms with Gasteiger partial charge in [-0.25, -0.2) is 8.42 Å². The van der Waals surface area contributed by atoms with Crippen molar-refractivity contribution in [2.75, 3.05) is 18.0 Å². The number of alkyl halides is 3. The molecule has 156 valence electrons. The number of halogens is 3. The molecule has 1 aliphatic heterocycles. The van der Waals surface area contributed by atoms with Crippen molar-refractivity contribution >= 4 is 21.4 Å². The molecule has 0 aromatic heterocycles. The van der Waals surface area contributed by atoms with Gasteiger partial charge in [-0.1, -0.05) is 31.4 Å². The van der Waals surface area contributed by atoms with Crippen molar-refractivity contribution in [3.05, 3.63) is 24.3 Å². The molecule has 1 heterocycles. The van der Waals surface area contributed by atoms with E-state index < -0.39 is 20.2 Å². The van der Waals surface area contributed by atoms with Crippen molar-refractivity contribution in [1.82, 2.24) is 5.32 Å². The van der Waals surface area contributed by atoms with E-state index in [4.69, 9.17) is 0 Å². The van der Waals surface area contributed by atoms with Gasteiger partial charge >= 0.3 is 5.51 Å². The van der Waals surface area contributed by atoms with Crippen LogP contribution in [0.5, 0.6) is 0 Å². The number of hydrogen-bond donors (Lipinski definition) is 1. The minimum absolute atomic E-state index is 0.0305. The maximum atomic E-state index is 13.0. The average molecular weight is 418 g/mol. The predicted octanol–water partition coefficient (Wildman–Crippen LogP) is 3.65. The number of para-hydroxylation sites is 1. The Balaban J connectivity index is 1.65. The second-order valence-corrected chi connectivity index (χ2v) is 9.43. The normalized spacial score (nSPS) is 20.2. The third kappa shape index (κ3) is 4.45. The first-order chi connectivity index (χ1) is 13.2. The molecule has 1 saturated heterocycles. The molecular formula is C19H25F3N2O3S. The Hall–Kier alpha value is -1.77. The maximum Gasteiger partial charge on any atom is 0.501 e. The van der Waals surface area contributed by atoms with Crippen LogP contribution in [0.4, 0.5) is 18.9 Å². The predicted molar refractivity (Wildman–Crippen MR) is 99.6 cm³/mol. The maximum absolute atomic E-state index is 13.0. The largest absolute Gasteiger partial charge is 0.501 e. The van der Waals surface area contributed by atoms with Crippen LogP contribution in [0.25, 0.3) is 0 Å². The monoisotopic (exact) mass is 418 g/mol. The highest BCUT2D eigenvalue weighted by Gasteiger charge is 2.48. The average Bonchev–Trinajstić information content (AvgIpc) is 2.68. The molecule has 0 unspecified atom stereocenters. The summed E-state index contributed by atoms with van der Waals surface area (Å²) in [5, 5.41) is 3.07. The molecule has 28 heavy (non-hydrogen) atoms. The summed E-state index contributed by atoms with van der Waals surface area (Å²) in [5.41, 5.74) is -5.27. The summed E-state index contributed by atoms with van der Waals surface area (Å²) in [5.74, 6) is 0.127. The third-order valence-corrected chi connectivity index (χ3v) is 7.15. The van der Waals surface area contributed by atoms with E-state index in [1.807, 2.05) is 0 Å². The Morgan fingerprint density at radius 1 is 1.00 bits per heavy atom. The van der Waals surface area contributed by atoms with Crippen molar-refractivity contribution in [2.24, 2.45) is 5.92 Å². The smallest absolute Gasteiger partial charge is 0.370 e. The van der Waals surface area contributed by atoms with Gasteiger partial charge in [0.1, 0.15) is 0 Å². The zero-order chi connectivity index (χ0) is 20.4. The van der Waals surface area contributed by atoms with Gasteiger partial charge < -0.3 is 10.2 Å². The van der Waals surface area contributed by atoms with E-state index in [1.165, 1.54) is 24.6 Å². The summed E-state index contributed by atoms with van der Waals surface area (Å²) in [4.78, 5) is 13.3. The van der Waals surface area contributed by atoms with Gasteiger partial charge in [0, 0.05) is 25.0 Å². The fourth-order valence-electron chi connectivity index (χ4n) is 4.02. The summed E-state index contributed by atoms with van der Waals surface area (Å²) in [7, 11) is -5.41. The van der Waals surface area contributed by atoms with Crippen LogP contribution >= 0.6 is 0 Å². The molecule has 2 aliphatic rings. The van der Waals surface area contributed by atoms with E-state index in [0.29, 0.717) is 25.9 Å². The molecule has 0 spiro atoms. The van der Waals surface area contributed by atoms with Crippen LogP contribution in [0, 0.1) is 5.92 Å². The summed E-state index contributed by atoms with van der Waals surface area (Å²) in [6.45, 7) is 0.778. The molecule has 2 fully saturated rings. The SMILES string of the molecule is O=C(NC1CCN(c2ccccc2S(=O)(=O)C(F)(F)F)CC1)C1CCCCC1. The number of rotatable bonds is 4. The highest BCUT2D eigenvalue weighted by Crippen LogP contribution is 2.36. The molecule has 1 aliphatic carbocycles. The van der Waals surface area contributed by atoms with Gasteiger partial charge in [-0.15, -0.1) is 0 Å². The van der Waals surface area contributed by atoms with Gasteiger partial charge in [-0.05, 0) is 37.8 Å². The molecule has 1 N–H and O–H groups in total. The lowest BCUT2D eigenvalue weighted by molar-refractivity contribution is -0.126. The first-order valence-electron chi connectivity index (χ1n) is 9.66. The van der Waals surface area contributed by atoms with E-state index in [1.54, 1.807) is 4.90 Å². The highest BCUT2D eigenvalue weighted by atomic mass is 32.2. The summed E-state index contributed by atoms with van der Waals surface area (Å²) >= 11 is 0. The minimum atomic E-state index is -5.41. The first kappa shape index (κ1) is 21.0. The number of hydrogen-bond acceptors (Lipinski definition) is 4. The number of carbonyl (C=O) groups is 1. The van der Waals surface area contributed by atoms with E-state index in [9.17, 15) is 26.4 Å². The van der Waals surface area contributed by atoms with Crippen molar-refractivity contribution < 1.29 is 26.4 Å². The lowest BCUT2D eigenvalue weighted by atomic mass is 9.88. The number of sulfone groups is 1. The van der Waals surface area contributed by atoms with Gasteiger partial charge in [-0.2, -0.15) is 13.2 Å². The van der Waals surface area contributed by atoms with Crippen LogP contribution in [0.1, 0.15) is 44.9 Å². The number of nitrogens with zero attached hydrogens (tertiary/aromatic N) is 1. The Kier molecular flexibility index (Phi) is 6.21. The lowest BCUT2D eigenvalue weighted by Crippen LogP contribution is -2.47. The van der Waals surface area contributed by atoms with E-state index >= 15 is 0 Å². The summed E-state index contributed by atoms with van der Waals surface area (Å²) < 4.78 is 62.8. The van der Waals surface area contributed by atoms with Crippen LogP contribution in [0.2, 0.25) is 0 Å². The molecule has 0 bridgehead atoms. The van der Waals surface area contributed by atoms with Gasteiger partial charge in [0.25, 0.3) is 9.84 Å². The van der Waals surface area contributed by atoms with E-state index in [-0.39, 0.29) is 23.6 Å². The quantitative estimate of drug-likeness (QED) is 0.811. The third-order valence-electron chi connectivity index (χ3n) is 5.62. The van der Waals surface area contributed by atoms with E-state index in [0.717, 1.165) is 31.7 Å². The highest BCUT2D eigenvalue weighted by molar-refractivity contribution is 7.92. The Labute approximate surface area is 163 Å². The molecule has 1 amide bonds. The number of benzene rings is 1. The second kappa shape index (κ2) is 8.31. The Bertz CT molecular complexity index is 797. The topological polar surface area (TPSA) is 66.5 Å². The number of amides is 1. The fraction of sp³-hybridized carbons (Fsp3) is 0.632. The number of carbonyl (C=O) groups excluding carboxylic acids is 1. The molecule has 5 nitrogen and oxygen atoms in total. The summed E-state index contributed by atoms with van der Waals surface area (Å²) in [6.07, 6.45) is 6.27. The van der Waals surface area contributed by atoms with E-state index in [2.05, 4.69) is 5.32 Å². The number of anilines is 1. The molecule has 1 aromatic carbocycles. The van der Waals surface area contributed by atoms with Crippen LogP contribution in [-0.4, -0.2) is 39.0 Å². The molecule has 9 heteroatoms. The van der Waals surface area contributed by atoms with Gasteiger partial charge in [0.05, 0.1) is 10.6 Å². The molecule has 3 rings (SSSR count). The Morgan fingerprint density at radius 3 is 2.21 bits per heavy atom. The molecule has 1 aromatic rings. The first-order valence-corrected chi connectivity index (χ1v) is 11.1. The molecule has 1 saturated carbocycles. The van der Waals surface area contributed by atoms with Crippen molar-refractivity contribution in [3.8, 4) is 0 Å². The van der Waals surface area contributed by atoms with Crippen molar-refractivity contribution in [3.63, 3.8) is 0 Å². The zero-order valence-electron chi connectivity index (χ0n) is 15.5. The van der Waals surface area contributed by atoms with Crippen LogP contribution < -0.4 is 10.2 Å². The van der Waals surface area contributed by atoms with Crippen LogP contribution in [0.3, 0.4) is 0 Å². The Morgan fingerprint density at radius 2 is 1.61 bits per heavy atom. The molecular weight excluding hydrogens is 393 g/mol. The number of piperidine rings is 1. The van der Waals surface area contributed by atoms with Crippen LogP contribution in [0.15, 0.2) is 29.2 Å². The second-order valence-electron chi connectivity index (χ2n) is 7.52.